The van der Waals surface area contributed by atoms with Crippen molar-refractivity contribution >= 4 is 0 Å². The molecule has 5 nitrogen and oxygen atoms in total. The van der Waals surface area contributed by atoms with Gasteiger partial charge in [0.15, 0.2) is 0 Å². The van der Waals surface area contributed by atoms with Crippen LogP contribution in [0.2, 0.25) is 0 Å². The number of rotatable bonds is 7. The van der Waals surface area contributed by atoms with Gasteiger partial charge in [-0.2, -0.15) is 5.10 Å². The van der Waals surface area contributed by atoms with E-state index in [0.717, 1.165) is 12.2 Å². The smallest absolute Gasteiger partial charge is 0.0644 e. The molecule has 1 rings (SSSR count). The molecule has 1 aromatic rings. The lowest BCUT2D eigenvalue weighted by molar-refractivity contribution is 0.123. The molecule has 5 heteroatoms. The van der Waals surface area contributed by atoms with E-state index in [-0.39, 0.29) is 18.7 Å². The molecule has 2 unspecified atom stereocenters. The molecule has 0 spiro atoms. The molecule has 0 radical (unpaired) electrons. The van der Waals surface area contributed by atoms with Crippen LogP contribution in [0.3, 0.4) is 0 Å². The van der Waals surface area contributed by atoms with E-state index in [1.165, 1.54) is 11.3 Å². The largest absolute Gasteiger partial charge is 0.395 e. The van der Waals surface area contributed by atoms with Gasteiger partial charge in [-0.25, -0.2) is 0 Å². The van der Waals surface area contributed by atoms with Gasteiger partial charge in [-0.05, 0) is 27.7 Å². The molecule has 1 heterocycles. The number of hydrogen-bond donors (Lipinski definition) is 2. The number of nitrogens with one attached hydrogen (secondary N) is 1. The number of aryl methyl sites for hydroxylation is 2. The van der Waals surface area contributed by atoms with E-state index < -0.39 is 0 Å². The quantitative estimate of drug-likeness (QED) is 0.768. The number of aromatic nitrogens is 2. The van der Waals surface area contributed by atoms with Crippen LogP contribution in [0.4, 0.5) is 0 Å². The van der Waals surface area contributed by atoms with Crippen LogP contribution < -0.4 is 5.32 Å². The van der Waals surface area contributed by atoms with Crippen molar-refractivity contribution in [2.45, 2.75) is 46.3 Å². The topological polar surface area (TPSA) is 59.3 Å². The molecule has 0 aromatic carbocycles. The Labute approximate surface area is 109 Å². The zero-order chi connectivity index (χ0) is 13.7. The number of ether oxygens (including phenoxy) is 1. The van der Waals surface area contributed by atoms with Gasteiger partial charge in [0.2, 0.25) is 0 Å². The summed E-state index contributed by atoms with van der Waals surface area (Å²) in [5.74, 6) is 0. The fourth-order valence-corrected chi connectivity index (χ4v) is 2.44. The highest BCUT2D eigenvalue weighted by Crippen LogP contribution is 2.21. The zero-order valence-electron chi connectivity index (χ0n) is 12.0. The van der Waals surface area contributed by atoms with Gasteiger partial charge in [0.1, 0.15) is 0 Å². The van der Waals surface area contributed by atoms with Crippen molar-refractivity contribution in [1.29, 1.82) is 0 Å². The lowest BCUT2D eigenvalue weighted by Gasteiger charge is -2.21. The summed E-state index contributed by atoms with van der Waals surface area (Å²) in [6.45, 7) is 9.73. The monoisotopic (exact) mass is 255 g/mol. The lowest BCUT2D eigenvalue weighted by Crippen LogP contribution is -2.38. The molecule has 1 aromatic heterocycles. The van der Waals surface area contributed by atoms with Gasteiger partial charge in [0, 0.05) is 31.0 Å². The number of aliphatic hydroxyl groups is 1. The Morgan fingerprint density at radius 1 is 1.44 bits per heavy atom. The summed E-state index contributed by atoms with van der Waals surface area (Å²) >= 11 is 0. The van der Waals surface area contributed by atoms with E-state index >= 15 is 0 Å². The predicted octanol–water partition coefficient (Wildman–Crippen LogP) is 1.18. The van der Waals surface area contributed by atoms with E-state index in [1.54, 1.807) is 7.11 Å². The molecule has 0 aliphatic carbocycles. The Balaban J connectivity index is 2.83. The third-order valence-corrected chi connectivity index (χ3v) is 3.24. The molecule has 2 N–H and O–H groups in total. The van der Waals surface area contributed by atoms with E-state index in [9.17, 15) is 5.11 Å². The van der Waals surface area contributed by atoms with Gasteiger partial charge in [-0.3, -0.25) is 4.68 Å². The fraction of sp³-hybridized carbons (Fsp3) is 0.769. The van der Waals surface area contributed by atoms with Crippen molar-refractivity contribution < 1.29 is 9.84 Å². The molecule has 18 heavy (non-hydrogen) atoms. The Kier molecular flexibility index (Phi) is 5.78. The van der Waals surface area contributed by atoms with Crippen LogP contribution in [0.5, 0.6) is 0 Å². The van der Waals surface area contributed by atoms with Gasteiger partial charge in [-0.1, -0.05) is 0 Å². The average molecular weight is 255 g/mol. The van der Waals surface area contributed by atoms with E-state index in [0.29, 0.717) is 6.61 Å². The molecule has 0 saturated heterocycles. The van der Waals surface area contributed by atoms with Crippen LogP contribution in [-0.2, 0) is 11.3 Å². The molecule has 0 fully saturated rings. The third-order valence-electron chi connectivity index (χ3n) is 3.24. The molecular formula is C13H25N3O2. The van der Waals surface area contributed by atoms with Gasteiger partial charge >= 0.3 is 0 Å². The Hall–Kier alpha value is -0.910. The minimum absolute atomic E-state index is 0.0474. The van der Waals surface area contributed by atoms with Crippen LogP contribution in [0.15, 0.2) is 0 Å². The Morgan fingerprint density at radius 3 is 2.56 bits per heavy atom. The van der Waals surface area contributed by atoms with Crippen molar-refractivity contribution in [3.05, 3.63) is 17.0 Å². The second-order valence-electron chi connectivity index (χ2n) is 4.62. The molecule has 0 saturated carbocycles. The summed E-state index contributed by atoms with van der Waals surface area (Å²) in [5.41, 5.74) is 3.44. The number of nitrogens with zero attached hydrogens (tertiary/aromatic N) is 2. The maximum atomic E-state index is 9.28. The normalized spacial score (nSPS) is 14.8. The van der Waals surface area contributed by atoms with Crippen LogP contribution in [0.1, 0.15) is 36.8 Å². The highest BCUT2D eigenvalue weighted by molar-refractivity contribution is 5.27. The first-order chi connectivity index (χ1) is 8.54. The molecule has 104 valence electrons. The van der Waals surface area contributed by atoms with Crippen LogP contribution in [0, 0.1) is 13.8 Å². The summed E-state index contributed by atoms with van der Waals surface area (Å²) in [6.07, 6.45) is 0. The van der Waals surface area contributed by atoms with Gasteiger partial charge < -0.3 is 15.2 Å². The average Bonchev–Trinajstić information content (AvgIpc) is 2.63. The van der Waals surface area contributed by atoms with Crippen LogP contribution in [-0.4, -0.2) is 41.3 Å². The fourth-order valence-electron chi connectivity index (χ4n) is 2.44. The van der Waals surface area contributed by atoms with Crippen LogP contribution in [0.25, 0.3) is 0 Å². The second-order valence-corrected chi connectivity index (χ2v) is 4.62. The minimum atomic E-state index is -0.0474. The first-order valence-corrected chi connectivity index (χ1v) is 6.44. The molecule has 0 amide bonds. The van der Waals surface area contributed by atoms with Gasteiger partial charge in [0.25, 0.3) is 0 Å². The number of methoxy groups -OCH3 is 1. The second kappa shape index (κ2) is 6.87. The first kappa shape index (κ1) is 15.1. The lowest BCUT2D eigenvalue weighted by atomic mass is 10.1. The summed E-state index contributed by atoms with van der Waals surface area (Å²) in [6, 6.07) is 0.103. The highest BCUT2D eigenvalue weighted by Gasteiger charge is 2.19. The van der Waals surface area contributed by atoms with Crippen molar-refractivity contribution in [2.24, 2.45) is 0 Å². The van der Waals surface area contributed by atoms with Crippen molar-refractivity contribution in [1.82, 2.24) is 15.1 Å². The van der Waals surface area contributed by atoms with Crippen molar-refractivity contribution in [3.8, 4) is 0 Å². The molecular weight excluding hydrogens is 230 g/mol. The summed E-state index contributed by atoms with van der Waals surface area (Å²) in [7, 11) is 1.64. The molecule has 0 bridgehead atoms. The van der Waals surface area contributed by atoms with E-state index in [1.807, 2.05) is 11.6 Å². The van der Waals surface area contributed by atoms with E-state index in [2.05, 4.69) is 31.2 Å². The van der Waals surface area contributed by atoms with Crippen molar-refractivity contribution in [2.75, 3.05) is 20.3 Å². The Morgan fingerprint density at radius 2 is 2.11 bits per heavy atom. The number of aliphatic hydroxyl groups excluding tert-OH is 1. The maximum Gasteiger partial charge on any atom is 0.0644 e. The van der Waals surface area contributed by atoms with Crippen LogP contribution >= 0.6 is 0 Å². The third kappa shape index (κ3) is 3.31. The van der Waals surface area contributed by atoms with Gasteiger partial charge in [-0.15, -0.1) is 0 Å². The van der Waals surface area contributed by atoms with E-state index in [4.69, 9.17) is 4.74 Å². The van der Waals surface area contributed by atoms with Crippen molar-refractivity contribution in [3.63, 3.8) is 0 Å². The first-order valence-electron chi connectivity index (χ1n) is 6.44. The molecule has 2 atom stereocenters. The maximum absolute atomic E-state index is 9.28. The highest BCUT2D eigenvalue weighted by atomic mass is 16.5. The minimum Gasteiger partial charge on any atom is -0.395 e. The summed E-state index contributed by atoms with van der Waals surface area (Å²) in [5, 5.41) is 17.2. The molecule has 0 aliphatic rings. The zero-order valence-corrected chi connectivity index (χ0v) is 12.0. The Bertz CT molecular complexity index is 377. The number of hydrogen-bond acceptors (Lipinski definition) is 4. The van der Waals surface area contributed by atoms with Gasteiger partial charge in [0.05, 0.1) is 24.9 Å². The molecule has 0 aliphatic heterocycles. The predicted molar refractivity (Wildman–Crippen MR) is 71.7 cm³/mol. The SMILES string of the molecule is CCn1nc(C)c(C(C)NC(CO)COC)c1C. The standard InChI is InChI=1S/C13H25N3O2/c1-6-16-11(4)13(10(3)15-16)9(2)14-12(7-17)8-18-5/h9,12,14,17H,6-8H2,1-5H3. The summed E-state index contributed by atoms with van der Waals surface area (Å²) < 4.78 is 7.08. The summed E-state index contributed by atoms with van der Waals surface area (Å²) in [4.78, 5) is 0.